The van der Waals surface area contributed by atoms with Crippen molar-refractivity contribution >= 4 is 17.5 Å². The Balaban J connectivity index is 1.70. The van der Waals surface area contributed by atoms with Crippen LogP contribution in [0.3, 0.4) is 0 Å². The smallest absolute Gasteiger partial charge is 0.265 e. The van der Waals surface area contributed by atoms with E-state index in [4.69, 9.17) is 4.74 Å². The lowest BCUT2D eigenvalue weighted by molar-refractivity contribution is -0.122. The zero-order chi connectivity index (χ0) is 21.7. The monoisotopic (exact) mass is 408 g/mol. The summed E-state index contributed by atoms with van der Waals surface area (Å²) in [5, 5.41) is 2.91. The van der Waals surface area contributed by atoms with E-state index in [1.54, 1.807) is 12.1 Å². The van der Waals surface area contributed by atoms with E-state index in [1.807, 2.05) is 48.2 Å². The van der Waals surface area contributed by atoms with Gasteiger partial charge in [0.1, 0.15) is 5.75 Å². The highest BCUT2D eigenvalue weighted by Crippen LogP contribution is 2.25. The van der Waals surface area contributed by atoms with Crippen LogP contribution in [0.4, 0.5) is 5.69 Å². The van der Waals surface area contributed by atoms with Gasteiger partial charge in [0.15, 0.2) is 6.10 Å². The number of nitrogens with one attached hydrogen (secondary N) is 1. The third kappa shape index (κ3) is 5.21. The minimum Gasteiger partial charge on any atom is -0.481 e. The van der Waals surface area contributed by atoms with Crippen molar-refractivity contribution in [3.63, 3.8) is 0 Å². The fourth-order valence-electron chi connectivity index (χ4n) is 3.60. The van der Waals surface area contributed by atoms with Crippen LogP contribution in [0.5, 0.6) is 5.75 Å². The molecule has 0 spiro atoms. The van der Waals surface area contributed by atoms with Gasteiger partial charge in [0.25, 0.3) is 11.8 Å². The molecule has 2 aromatic rings. The number of carbonyl (C=O) groups is 2. The van der Waals surface area contributed by atoms with Crippen LogP contribution in [0.15, 0.2) is 48.5 Å². The first-order chi connectivity index (χ1) is 14.3. The molecule has 1 N–H and O–H groups in total. The Labute approximate surface area is 179 Å². The molecule has 0 aliphatic carbocycles. The van der Waals surface area contributed by atoms with Gasteiger partial charge in [0.05, 0.1) is 11.3 Å². The zero-order valence-corrected chi connectivity index (χ0v) is 18.4. The molecular formula is C25H32N2O3. The first-order valence-electron chi connectivity index (χ1n) is 10.8. The summed E-state index contributed by atoms with van der Waals surface area (Å²) in [5.41, 5.74) is 2.33. The van der Waals surface area contributed by atoms with Crippen molar-refractivity contribution < 1.29 is 14.3 Å². The van der Waals surface area contributed by atoms with Gasteiger partial charge in [-0.05, 0) is 54.5 Å². The first-order valence-corrected chi connectivity index (χ1v) is 10.8. The molecule has 160 valence electrons. The molecular weight excluding hydrogens is 376 g/mol. The normalized spacial score (nSPS) is 15.0. The number of hydrogen-bond acceptors (Lipinski definition) is 3. The van der Waals surface area contributed by atoms with Crippen LogP contribution >= 0.6 is 0 Å². The average molecular weight is 409 g/mol. The third-order valence-electron chi connectivity index (χ3n) is 5.47. The summed E-state index contributed by atoms with van der Waals surface area (Å²) in [4.78, 5) is 27.6. The molecule has 2 amide bonds. The second kappa shape index (κ2) is 9.33. The summed E-state index contributed by atoms with van der Waals surface area (Å²) < 4.78 is 5.96. The van der Waals surface area contributed by atoms with Gasteiger partial charge in [-0.25, -0.2) is 0 Å². The van der Waals surface area contributed by atoms with Crippen molar-refractivity contribution in [3.8, 4) is 5.75 Å². The van der Waals surface area contributed by atoms with Gasteiger partial charge >= 0.3 is 0 Å². The third-order valence-corrected chi connectivity index (χ3v) is 5.47. The second-order valence-corrected chi connectivity index (χ2v) is 8.82. The molecule has 5 heteroatoms. The van der Waals surface area contributed by atoms with E-state index in [0.717, 1.165) is 25.9 Å². The maximum atomic E-state index is 12.9. The van der Waals surface area contributed by atoms with E-state index >= 15 is 0 Å². The molecule has 0 bridgehead atoms. The number of carbonyl (C=O) groups excluding carboxylic acids is 2. The number of rotatable bonds is 6. The molecule has 30 heavy (non-hydrogen) atoms. The number of hydrogen-bond donors (Lipinski definition) is 1. The maximum Gasteiger partial charge on any atom is 0.265 e. The summed E-state index contributed by atoms with van der Waals surface area (Å²) in [6, 6.07) is 15.1. The van der Waals surface area contributed by atoms with Gasteiger partial charge in [0.2, 0.25) is 0 Å². The predicted molar refractivity (Wildman–Crippen MR) is 120 cm³/mol. The van der Waals surface area contributed by atoms with Crippen molar-refractivity contribution in [2.45, 2.75) is 58.5 Å². The summed E-state index contributed by atoms with van der Waals surface area (Å²) >= 11 is 0. The molecule has 1 aliphatic heterocycles. The standard InChI is InChI=1S/C25H32N2O3/c1-5-22(30-19-14-12-18(13-15-19)25(2,3)4)23(28)26-21-11-7-6-10-20(21)24(29)27-16-8-9-17-27/h6-7,10-15,22H,5,8-9,16-17H2,1-4H3,(H,26,28)/t22-/m0/s1. The van der Waals surface area contributed by atoms with Crippen molar-refractivity contribution in [1.29, 1.82) is 0 Å². The number of nitrogens with zero attached hydrogens (tertiary/aromatic N) is 1. The highest BCUT2D eigenvalue weighted by Gasteiger charge is 2.24. The first kappa shape index (κ1) is 21.9. The number of benzene rings is 2. The average Bonchev–Trinajstić information content (AvgIpc) is 3.26. The number of para-hydroxylation sites is 1. The van der Waals surface area contributed by atoms with Crippen LogP contribution in [0.1, 0.15) is 62.9 Å². The van der Waals surface area contributed by atoms with Crippen LogP contribution in [0, 0.1) is 0 Å². The number of ether oxygens (including phenoxy) is 1. The highest BCUT2D eigenvalue weighted by molar-refractivity contribution is 6.04. The van der Waals surface area contributed by atoms with Crippen molar-refractivity contribution in [2.75, 3.05) is 18.4 Å². The van der Waals surface area contributed by atoms with Gasteiger partial charge in [-0.1, -0.05) is 52.0 Å². The summed E-state index contributed by atoms with van der Waals surface area (Å²) in [6.45, 7) is 9.93. The molecule has 0 aromatic heterocycles. The number of amides is 2. The second-order valence-electron chi connectivity index (χ2n) is 8.82. The quantitative estimate of drug-likeness (QED) is 0.730. The Morgan fingerprint density at radius 2 is 1.67 bits per heavy atom. The molecule has 1 fully saturated rings. The van der Waals surface area contributed by atoms with Crippen LogP contribution < -0.4 is 10.1 Å². The molecule has 0 radical (unpaired) electrons. The van der Waals surface area contributed by atoms with Crippen molar-refractivity contribution in [1.82, 2.24) is 4.90 Å². The highest BCUT2D eigenvalue weighted by atomic mass is 16.5. The minimum absolute atomic E-state index is 0.0323. The van der Waals surface area contributed by atoms with E-state index in [-0.39, 0.29) is 17.2 Å². The van der Waals surface area contributed by atoms with E-state index < -0.39 is 6.10 Å². The van der Waals surface area contributed by atoms with E-state index in [1.165, 1.54) is 5.56 Å². The molecule has 0 unspecified atom stereocenters. The summed E-state index contributed by atoms with van der Waals surface area (Å²) in [6.07, 6.45) is 1.94. The topological polar surface area (TPSA) is 58.6 Å². The Bertz CT molecular complexity index is 878. The molecule has 0 saturated carbocycles. The Hall–Kier alpha value is -2.82. The Morgan fingerprint density at radius 1 is 1.03 bits per heavy atom. The molecule has 1 atom stereocenters. The van der Waals surface area contributed by atoms with E-state index in [9.17, 15) is 9.59 Å². The number of anilines is 1. The zero-order valence-electron chi connectivity index (χ0n) is 18.4. The molecule has 1 saturated heterocycles. The van der Waals surface area contributed by atoms with Gasteiger partial charge in [-0.15, -0.1) is 0 Å². The van der Waals surface area contributed by atoms with E-state index in [2.05, 4.69) is 26.1 Å². The largest absolute Gasteiger partial charge is 0.481 e. The Morgan fingerprint density at radius 3 is 2.27 bits per heavy atom. The maximum absolute atomic E-state index is 12.9. The lowest BCUT2D eigenvalue weighted by Crippen LogP contribution is -2.34. The van der Waals surface area contributed by atoms with Gasteiger partial charge in [-0.2, -0.15) is 0 Å². The van der Waals surface area contributed by atoms with Crippen molar-refractivity contribution in [3.05, 3.63) is 59.7 Å². The lowest BCUT2D eigenvalue weighted by atomic mass is 9.87. The molecule has 2 aromatic carbocycles. The number of likely N-dealkylation sites (tertiary alicyclic amines) is 1. The molecule has 1 aliphatic rings. The fraction of sp³-hybridized carbons (Fsp3) is 0.440. The minimum atomic E-state index is -0.638. The van der Waals surface area contributed by atoms with Crippen LogP contribution in [0.25, 0.3) is 0 Å². The molecule has 5 nitrogen and oxygen atoms in total. The van der Waals surface area contributed by atoms with Gasteiger partial charge < -0.3 is 15.0 Å². The van der Waals surface area contributed by atoms with Crippen molar-refractivity contribution in [2.24, 2.45) is 0 Å². The van der Waals surface area contributed by atoms with Gasteiger partial charge in [0, 0.05) is 13.1 Å². The molecule has 3 rings (SSSR count). The predicted octanol–water partition coefficient (Wildman–Crippen LogP) is 5.02. The van der Waals surface area contributed by atoms with Crippen LogP contribution in [0.2, 0.25) is 0 Å². The lowest BCUT2D eigenvalue weighted by Gasteiger charge is -2.22. The van der Waals surface area contributed by atoms with E-state index in [0.29, 0.717) is 23.4 Å². The molecule has 1 heterocycles. The van der Waals surface area contributed by atoms with Crippen LogP contribution in [-0.2, 0) is 10.2 Å². The fourth-order valence-corrected chi connectivity index (χ4v) is 3.60. The summed E-state index contributed by atoms with van der Waals surface area (Å²) in [7, 11) is 0. The SMILES string of the molecule is CC[C@H](Oc1ccc(C(C)(C)C)cc1)C(=O)Nc1ccccc1C(=O)N1CCCC1. The summed E-state index contributed by atoms with van der Waals surface area (Å²) in [5.74, 6) is 0.376. The Kier molecular flexibility index (Phi) is 6.80. The van der Waals surface area contributed by atoms with Gasteiger partial charge in [-0.3, -0.25) is 9.59 Å². The van der Waals surface area contributed by atoms with Crippen LogP contribution in [-0.4, -0.2) is 35.9 Å².